The first kappa shape index (κ1) is 24.7. The predicted octanol–water partition coefficient (Wildman–Crippen LogP) is 0.567. The Morgan fingerprint density at radius 2 is 0.889 bits per heavy atom. The van der Waals surface area contributed by atoms with Crippen LogP contribution >= 0.6 is 0 Å². The smallest absolute Gasteiger partial charge is 0.423 e. The Balaban J connectivity index is -0.0000000190. The molecule has 0 saturated heterocycles. The number of carbonyl (C=O) groups excluding carboxylic acids is 1. The van der Waals surface area contributed by atoms with Crippen molar-refractivity contribution in [2.75, 3.05) is 0 Å². The zero-order valence-corrected chi connectivity index (χ0v) is 5.03. The molecule has 0 atom stereocenters. The summed E-state index contributed by atoms with van der Waals surface area (Å²) in [5.41, 5.74) is 17.2. The van der Waals surface area contributed by atoms with Crippen LogP contribution in [0.15, 0.2) is 0 Å². The van der Waals surface area contributed by atoms with Gasteiger partial charge in [0.15, 0.2) is 0 Å². The second-order valence-corrected chi connectivity index (χ2v) is 0.318. The van der Waals surface area contributed by atoms with Gasteiger partial charge in [-0.25, -0.2) is 0 Å². The molecule has 0 aromatic rings. The van der Waals surface area contributed by atoms with E-state index in [0.717, 1.165) is 0 Å². The number of nitroso groups, excluding NO2 is 3. The van der Waals surface area contributed by atoms with Gasteiger partial charge in [0.25, 0.3) is 0 Å². The maximum Gasteiger partial charge on any atom is -0.423 e. The average molecular weight is 173 g/mol. The quantitative estimate of drug-likeness (QED) is 0.494. The van der Waals surface area contributed by atoms with Crippen LogP contribution in [0, 0.1) is 14.7 Å². The molecule has 0 radical (unpaired) electrons. The number of hydrogen-bond acceptors (Lipinski definition) is 4. The third-order valence-corrected chi connectivity index (χ3v) is 0. The van der Waals surface area contributed by atoms with Gasteiger partial charge < -0.3 is 31.5 Å². The first-order valence-corrected chi connectivity index (χ1v) is 1.53. The molecule has 0 aliphatic rings. The van der Waals surface area contributed by atoms with E-state index in [1.807, 2.05) is 0 Å². The van der Waals surface area contributed by atoms with Crippen LogP contribution < -0.4 is 0 Å². The number of nitrogens with zero attached hydrogens (tertiary/aromatic N) is 3. The minimum atomic E-state index is 1.31. The van der Waals surface area contributed by atoms with E-state index in [2.05, 4.69) is 15.6 Å². The summed E-state index contributed by atoms with van der Waals surface area (Å²) < 4.78 is 0. The van der Waals surface area contributed by atoms with Gasteiger partial charge in [0.2, 0.25) is 0 Å². The Morgan fingerprint density at radius 3 is 0.889 bits per heavy atom. The summed E-state index contributed by atoms with van der Waals surface area (Å²) in [6, 6.07) is 0. The van der Waals surface area contributed by atoms with Gasteiger partial charge in [-0.15, -0.1) is 0 Å². The van der Waals surface area contributed by atoms with Gasteiger partial charge in [-0.05, 0) is 0 Å². The van der Waals surface area contributed by atoms with Crippen LogP contribution in [0.5, 0.6) is 0 Å². The maximum absolute atomic E-state index is 8.60. The Hall–Kier alpha value is -1.10. The SMILES string of the molecule is O=[C]=[Mn].[N-]=O.[N-]=O.[N-]=O. The first-order valence-electron chi connectivity index (χ1n) is 0.941. The van der Waals surface area contributed by atoms with Crippen LogP contribution in [-0.4, -0.2) is 4.79 Å². The van der Waals surface area contributed by atoms with Crippen molar-refractivity contribution in [1.29, 1.82) is 0 Å². The average Bonchev–Trinajstić information content (AvgIpc) is 2.01. The maximum atomic E-state index is 8.60. The summed E-state index contributed by atoms with van der Waals surface area (Å²) in [6.07, 6.45) is 0. The molecule has 0 rings (SSSR count). The van der Waals surface area contributed by atoms with Crippen molar-refractivity contribution in [2.24, 2.45) is 0 Å². The van der Waals surface area contributed by atoms with E-state index in [1.54, 1.807) is 0 Å². The Morgan fingerprint density at radius 1 is 0.889 bits per heavy atom. The van der Waals surface area contributed by atoms with Crippen molar-refractivity contribution in [2.45, 2.75) is 0 Å². The van der Waals surface area contributed by atoms with Crippen LogP contribution in [0.2, 0.25) is 0 Å². The van der Waals surface area contributed by atoms with Gasteiger partial charge in [-0.2, -0.15) is 0 Å². The van der Waals surface area contributed by atoms with Crippen molar-refractivity contribution >= 4 is 4.79 Å². The number of hydrogen-bond donors (Lipinski definition) is 0. The fraction of sp³-hybridized carbons (Fsp3) is 0. The number of rotatable bonds is 0. The molecule has 0 aliphatic heterocycles. The molecule has 7 nitrogen and oxygen atoms in total. The Labute approximate surface area is 57.5 Å². The second-order valence-electron chi connectivity index (χ2n) is 0.0772. The molecule has 9 heavy (non-hydrogen) atoms. The fourth-order valence-electron chi connectivity index (χ4n) is 0. The van der Waals surface area contributed by atoms with Crippen LogP contribution in [0.1, 0.15) is 0 Å². The van der Waals surface area contributed by atoms with E-state index in [0.29, 0.717) is 0 Å². The van der Waals surface area contributed by atoms with Gasteiger partial charge in [0.1, 0.15) is 0 Å². The van der Waals surface area contributed by atoms with Crippen LogP contribution in [0.3, 0.4) is 0 Å². The van der Waals surface area contributed by atoms with Gasteiger partial charge >= 0.3 is 25.2 Å². The summed E-state index contributed by atoms with van der Waals surface area (Å²) >= 11 is 2.34. The van der Waals surface area contributed by atoms with Gasteiger partial charge in [0, 0.05) is 0 Å². The van der Waals surface area contributed by atoms with Crippen molar-refractivity contribution < 1.29 is 20.4 Å². The van der Waals surface area contributed by atoms with Crippen molar-refractivity contribution in [3.05, 3.63) is 31.5 Å². The predicted molar refractivity (Wildman–Crippen MR) is 25.9 cm³/mol. The normalized spacial score (nSPS) is 2.22. The second kappa shape index (κ2) is 23800. The summed E-state index contributed by atoms with van der Waals surface area (Å²) in [7, 11) is 0. The molecular formula is CMnN3O4-3. The van der Waals surface area contributed by atoms with Crippen LogP contribution in [0.25, 0.3) is 16.8 Å². The van der Waals surface area contributed by atoms with Crippen LogP contribution in [-0.2, 0) is 20.4 Å². The Kier molecular flexibility index (Phi) is 65300. The first-order chi connectivity index (χ1) is 4.41. The molecule has 0 spiro atoms. The zero-order valence-electron chi connectivity index (χ0n) is 3.85. The molecule has 0 fully saturated rings. The van der Waals surface area contributed by atoms with Crippen molar-refractivity contribution in [1.82, 2.24) is 0 Å². The van der Waals surface area contributed by atoms with Crippen molar-refractivity contribution in [3.8, 4) is 0 Å². The molecule has 0 amide bonds. The Bertz CT molecular complexity index is 58.1. The standard InChI is InChI=1S/CO.Mn.3NO/c1-2;;3*1-2/q;;3*-1. The molecule has 0 heterocycles. The van der Waals surface area contributed by atoms with Crippen molar-refractivity contribution in [3.63, 3.8) is 0 Å². The molecule has 0 saturated carbocycles. The van der Waals surface area contributed by atoms with Gasteiger partial charge in [-0.1, -0.05) is 0 Å². The van der Waals surface area contributed by atoms with E-state index in [-0.39, 0.29) is 0 Å². The fourth-order valence-corrected chi connectivity index (χ4v) is 0. The van der Waals surface area contributed by atoms with E-state index in [9.17, 15) is 0 Å². The van der Waals surface area contributed by atoms with E-state index in [4.69, 9.17) is 36.3 Å². The molecule has 53 valence electrons. The third kappa shape index (κ3) is 137. The van der Waals surface area contributed by atoms with Gasteiger partial charge in [-0.3, -0.25) is 0 Å². The monoisotopic (exact) mass is 173 g/mol. The van der Waals surface area contributed by atoms with Crippen LogP contribution in [0.4, 0.5) is 0 Å². The molecule has 0 unspecified atom stereocenters. The summed E-state index contributed by atoms with van der Waals surface area (Å²) in [4.78, 5) is 31.7. The molecule has 0 aromatic heterocycles. The summed E-state index contributed by atoms with van der Waals surface area (Å²) in [6.45, 7) is 0. The largest absolute Gasteiger partial charge is 0.577 e. The minimum absolute atomic E-state index is 1.31. The van der Waals surface area contributed by atoms with Gasteiger partial charge in [0.05, 0.1) is 0 Å². The topological polar surface area (TPSA) is 135 Å². The molecule has 0 bridgehead atoms. The molecule has 8 heteroatoms. The summed E-state index contributed by atoms with van der Waals surface area (Å²) in [5, 5.41) is 0. The van der Waals surface area contributed by atoms with E-state index < -0.39 is 0 Å². The molecular weight excluding hydrogens is 173 g/mol. The van der Waals surface area contributed by atoms with E-state index in [1.165, 1.54) is 4.79 Å². The molecule has 0 N–H and O–H groups in total. The van der Waals surface area contributed by atoms with E-state index >= 15 is 0 Å². The molecule has 0 aliphatic carbocycles. The minimum Gasteiger partial charge on any atom is -0.577 e. The third-order valence-electron chi connectivity index (χ3n) is 0. The molecule has 0 aromatic carbocycles. The summed E-state index contributed by atoms with van der Waals surface area (Å²) in [5.74, 6) is 0. The zero-order chi connectivity index (χ0) is 8.71.